The van der Waals surface area contributed by atoms with Crippen molar-refractivity contribution in [1.29, 1.82) is 0 Å². The first-order valence-corrected chi connectivity index (χ1v) is 9.81. The minimum atomic E-state index is -0.372. The number of benzene rings is 1. The van der Waals surface area contributed by atoms with Crippen molar-refractivity contribution >= 4 is 22.5 Å². The van der Waals surface area contributed by atoms with Gasteiger partial charge in [0.05, 0.1) is 23.2 Å². The van der Waals surface area contributed by atoms with E-state index in [1.807, 2.05) is 12.1 Å². The van der Waals surface area contributed by atoms with Crippen LogP contribution in [-0.2, 0) is 19.4 Å². The number of nitrogens with one attached hydrogen (secondary N) is 1. The van der Waals surface area contributed by atoms with Crippen LogP contribution in [-0.4, -0.2) is 28.4 Å². The van der Waals surface area contributed by atoms with Crippen molar-refractivity contribution in [3.63, 3.8) is 0 Å². The van der Waals surface area contributed by atoms with Gasteiger partial charge in [-0.05, 0) is 50.2 Å². The third kappa shape index (κ3) is 3.10. The molecular weight excluding hydrogens is 320 g/mol. The maximum Gasteiger partial charge on any atom is 0.0843 e. The summed E-state index contributed by atoms with van der Waals surface area (Å²) in [7, 11) is 0. The van der Waals surface area contributed by atoms with Crippen molar-refractivity contribution < 1.29 is 5.11 Å². The number of aliphatic hydroxyl groups is 1. The van der Waals surface area contributed by atoms with Gasteiger partial charge in [0.2, 0.25) is 0 Å². The first-order chi connectivity index (χ1) is 11.7. The summed E-state index contributed by atoms with van der Waals surface area (Å²) in [6.07, 6.45) is 9.49. The van der Waals surface area contributed by atoms with Gasteiger partial charge in [0.15, 0.2) is 0 Å². The van der Waals surface area contributed by atoms with Gasteiger partial charge in [-0.3, -0.25) is 0 Å². The molecule has 0 bridgehead atoms. The van der Waals surface area contributed by atoms with E-state index >= 15 is 0 Å². The lowest BCUT2D eigenvalue weighted by Gasteiger charge is -2.20. The molecule has 3 nitrogen and oxygen atoms in total. The number of aryl methyl sites for hydroxylation is 1. The molecular formula is C20H27ClN2O. The number of rotatable bonds is 5. The van der Waals surface area contributed by atoms with Crippen molar-refractivity contribution in [2.24, 2.45) is 0 Å². The van der Waals surface area contributed by atoms with Crippen molar-refractivity contribution in [2.75, 3.05) is 6.54 Å². The van der Waals surface area contributed by atoms with E-state index in [1.54, 1.807) is 0 Å². The fourth-order valence-corrected chi connectivity index (χ4v) is 4.83. The third-order valence-electron chi connectivity index (χ3n) is 5.74. The number of hydrogen-bond donors (Lipinski definition) is 2. The second-order valence-electron chi connectivity index (χ2n) is 7.42. The molecule has 0 spiro atoms. The summed E-state index contributed by atoms with van der Waals surface area (Å²) in [5.41, 5.74) is 3.96. The number of hydrogen-bond acceptors (Lipinski definition) is 2. The summed E-state index contributed by atoms with van der Waals surface area (Å²) in [6.45, 7) is 1.30. The Morgan fingerprint density at radius 1 is 1.17 bits per heavy atom. The SMILES string of the molecule is OC(CNC1CCCC1)Cn1c2c(c3cccc(Cl)c31)CCCC2. The Kier molecular flexibility index (Phi) is 4.84. The lowest BCUT2D eigenvalue weighted by Crippen LogP contribution is -2.36. The van der Waals surface area contributed by atoms with Gasteiger partial charge in [-0.25, -0.2) is 0 Å². The molecule has 2 aliphatic rings. The Morgan fingerprint density at radius 3 is 2.79 bits per heavy atom. The lowest BCUT2D eigenvalue weighted by molar-refractivity contribution is 0.147. The predicted molar refractivity (Wildman–Crippen MR) is 99.9 cm³/mol. The molecule has 2 aliphatic carbocycles. The molecule has 0 saturated heterocycles. The molecule has 4 rings (SSSR count). The highest BCUT2D eigenvalue weighted by atomic mass is 35.5. The Hall–Kier alpha value is -1.03. The molecule has 0 amide bonds. The van der Waals surface area contributed by atoms with E-state index in [-0.39, 0.29) is 6.10 Å². The summed E-state index contributed by atoms with van der Waals surface area (Å²) in [6, 6.07) is 6.79. The van der Waals surface area contributed by atoms with E-state index < -0.39 is 0 Å². The minimum absolute atomic E-state index is 0.372. The number of halogens is 1. The topological polar surface area (TPSA) is 37.2 Å². The van der Waals surface area contributed by atoms with E-state index in [9.17, 15) is 5.11 Å². The van der Waals surface area contributed by atoms with E-state index in [2.05, 4.69) is 16.0 Å². The Bertz CT molecular complexity index is 718. The maximum absolute atomic E-state index is 10.6. The average molecular weight is 347 g/mol. The standard InChI is InChI=1S/C20H27ClN2O/c21-18-10-5-9-17-16-8-3-4-11-19(16)23(20(17)18)13-15(24)12-22-14-6-1-2-7-14/h5,9-10,14-15,22,24H,1-4,6-8,11-13H2. The second kappa shape index (κ2) is 7.07. The molecule has 2 N–H and O–H groups in total. The van der Waals surface area contributed by atoms with Gasteiger partial charge >= 0.3 is 0 Å². The number of aliphatic hydroxyl groups excluding tert-OH is 1. The van der Waals surface area contributed by atoms with Gasteiger partial charge in [-0.15, -0.1) is 0 Å². The molecule has 4 heteroatoms. The minimum Gasteiger partial charge on any atom is -0.390 e. The van der Waals surface area contributed by atoms with Crippen LogP contribution in [0.5, 0.6) is 0 Å². The fraction of sp³-hybridized carbons (Fsp3) is 0.600. The Labute approximate surface area is 149 Å². The smallest absolute Gasteiger partial charge is 0.0843 e. The van der Waals surface area contributed by atoms with E-state index in [0.29, 0.717) is 19.1 Å². The fourth-order valence-electron chi connectivity index (χ4n) is 4.55. The van der Waals surface area contributed by atoms with Crippen LogP contribution in [0, 0.1) is 0 Å². The quantitative estimate of drug-likeness (QED) is 0.856. The largest absolute Gasteiger partial charge is 0.390 e. The van der Waals surface area contributed by atoms with Gasteiger partial charge in [0.25, 0.3) is 0 Å². The zero-order chi connectivity index (χ0) is 16.5. The molecule has 0 aliphatic heterocycles. The molecule has 0 radical (unpaired) electrons. The second-order valence-corrected chi connectivity index (χ2v) is 7.83. The van der Waals surface area contributed by atoms with E-state index in [0.717, 1.165) is 23.4 Å². The van der Waals surface area contributed by atoms with E-state index in [4.69, 9.17) is 11.6 Å². The van der Waals surface area contributed by atoms with Crippen LogP contribution in [0.2, 0.25) is 5.02 Å². The van der Waals surface area contributed by atoms with Crippen molar-refractivity contribution in [2.45, 2.75) is 70.1 Å². The molecule has 1 unspecified atom stereocenters. The van der Waals surface area contributed by atoms with Crippen LogP contribution in [0.1, 0.15) is 49.8 Å². The number of nitrogens with zero attached hydrogens (tertiary/aromatic N) is 1. The lowest BCUT2D eigenvalue weighted by atomic mass is 9.95. The van der Waals surface area contributed by atoms with Crippen LogP contribution >= 0.6 is 11.6 Å². The van der Waals surface area contributed by atoms with Crippen molar-refractivity contribution in [3.05, 3.63) is 34.5 Å². The normalized spacial score (nSPS) is 19.8. The molecule has 130 valence electrons. The summed E-state index contributed by atoms with van der Waals surface area (Å²) in [5.74, 6) is 0. The average Bonchev–Trinajstić information content (AvgIpc) is 3.21. The molecule has 1 aromatic heterocycles. The van der Waals surface area contributed by atoms with Crippen LogP contribution in [0.4, 0.5) is 0 Å². The molecule has 1 heterocycles. The van der Waals surface area contributed by atoms with Gasteiger partial charge in [0, 0.05) is 23.7 Å². The van der Waals surface area contributed by atoms with Crippen LogP contribution in [0.3, 0.4) is 0 Å². The number of fused-ring (bicyclic) bond motifs is 3. The van der Waals surface area contributed by atoms with Gasteiger partial charge in [0.1, 0.15) is 0 Å². The molecule has 1 aromatic carbocycles. The van der Waals surface area contributed by atoms with Crippen molar-refractivity contribution in [1.82, 2.24) is 9.88 Å². The third-order valence-corrected chi connectivity index (χ3v) is 6.04. The summed E-state index contributed by atoms with van der Waals surface area (Å²) in [5, 5.41) is 16.2. The maximum atomic E-state index is 10.6. The van der Waals surface area contributed by atoms with Gasteiger partial charge in [-0.1, -0.05) is 36.6 Å². The highest BCUT2D eigenvalue weighted by molar-refractivity contribution is 6.35. The Balaban J connectivity index is 1.58. The number of para-hydroxylation sites is 1. The Morgan fingerprint density at radius 2 is 1.96 bits per heavy atom. The van der Waals surface area contributed by atoms with Crippen molar-refractivity contribution in [3.8, 4) is 0 Å². The molecule has 1 atom stereocenters. The van der Waals surface area contributed by atoms with Gasteiger partial charge < -0.3 is 15.0 Å². The molecule has 2 aromatic rings. The van der Waals surface area contributed by atoms with Crippen LogP contribution < -0.4 is 5.32 Å². The summed E-state index contributed by atoms with van der Waals surface area (Å²) in [4.78, 5) is 0. The molecule has 24 heavy (non-hydrogen) atoms. The first-order valence-electron chi connectivity index (χ1n) is 9.44. The monoisotopic (exact) mass is 346 g/mol. The highest BCUT2D eigenvalue weighted by Crippen LogP contribution is 2.35. The van der Waals surface area contributed by atoms with E-state index in [1.165, 1.54) is 55.2 Å². The predicted octanol–water partition coefficient (Wildman–Crippen LogP) is 4.07. The zero-order valence-corrected chi connectivity index (χ0v) is 15.0. The summed E-state index contributed by atoms with van der Waals surface area (Å²) < 4.78 is 2.30. The first kappa shape index (κ1) is 16.4. The highest BCUT2D eigenvalue weighted by Gasteiger charge is 2.23. The van der Waals surface area contributed by atoms with Crippen LogP contribution in [0.25, 0.3) is 10.9 Å². The van der Waals surface area contributed by atoms with Crippen LogP contribution in [0.15, 0.2) is 18.2 Å². The zero-order valence-electron chi connectivity index (χ0n) is 14.2. The summed E-state index contributed by atoms with van der Waals surface area (Å²) >= 11 is 6.53. The number of aromatic nitrogens is 1. The molecule has 1 fully saturated rings. The molecule has 1 saturated carbocycles. The van der Waals surface area contributed by atoms with Gasteiger partial charge in [-0.2, -0.15) is 0 Å².